The molecule has 2 rings (SSSR count). The highest BCUT2D eigenvalue weighted by Gasteiger charge is 2.29. The van der Waals surface area contributed by atoms with E-state index in [-0.39, 0.29) is 12.1 Å². The fraction of sp³-hybridized carbons (Fsp3) is 0.625. The molecule has 18 heavy (non-hydrogen) atoms. The summed E-state index contributed by atoms with van der Waals surface area (Å²) >= 11 is 0. The van der Waals surface area contributed by atoms with Crippen molar-refractivity contribution >= 4 is 0 Å². The Labute approximate surface area is 111 Å². The first-order chi connectivity index (χ1) is 8.83. The summed E-state index contributed by atoms with van der Waals surface area (Å²) in [5.74, 6) is 0.633. The Morgan fingerprint density at radius 1 is 1.17 bits per heavy atom. The van der Waals surface area contributed by atoms with Crippen molar-refractivity contribution in [3.63, 3.8) is 0 Å². The third-order valence-electron chi connectivity index (χ3n) is 4.01. The Kier molecular flexibility index (Phi) is 5.21. The van der Waals surface area contributed by atoms with Crippen LogP contribution in [0.2, 0.25) is 0 Å². The van der Waals surface area contributed by atoms with E-state index >= 15 is 0 Å². The molecule has 0 radical (unpaired) electrons. The molecule has 2 atom stereocenters. The van der Waals surface area contributed by atoms with Gasteiger partial charge in [0.05, 0.1) is 12.1 Å². The summed E-state index contributed by atoms with van der Waals surface area (Å²) in [6, 6.07) is 10.4. The second-order valence-electron chi connectivity index (χ2n) is 5.25. The molecule has 0 aromatic heterocycles. The SMILES string of the molecule is CCOC(C1CCCCC1)C(N)c1ccccc1. The zero-order chi connectivity index (χ0) is 12.8. The zero-order valence-electron chi connectivity index (χ0n) is 11.3. The van der Waals surface area contributed by atoms with Gasteiger partial charge < -0.3 is 10.5 Å². The maximum Gasteiger partial charge on any atom is 0.0795 e. The van der Waals surface area contributed by atoms with E-state index in [1.165, 1.54) is 37.7 Å². The highest BCUT2D eigenvalue weighted by Crippen LogP contribution is 2.33. The number of ether oxygens (including phenoxy) is 1. The van der Waals surface area contributed by atoms with Gasteiger partial charge in [0, 0.05) is 6.61 Å². The van der Waals surface area contributed by atoms with Crippen LogP contribution in [0.15, 0.2) is 30.3 Å². The minimum absolute atomic E-state index is 0.00856. The lowest BCUT2D eigenvalue weighted by molar-refractivity contribution is -0.00985. The summed E-state index contributed by atoms with van der Waals surface area (Å²) in [7, 11) is 0. The summed E-state index contributed by atoms with van der Waals surface area (Å²) in [4.78, 5) is 0. The van der Waals surface area contributed by atoms with Crippen LogP contribution in [0.4, 0.5) is 0 Å². The first kappa shape index (κ1) is 13.6. The van der Waals surface area contributed by atoms with E-state index in [0.29, 0.717) is 5.92 Å². The predicted octanol–water partition coefficient (Wildman–Crippen LogP) is 3.67. The summed E-state index contributed by atoms with van der Waals surface area (Å²) in [6.07, 6.45) is 6.75. The van der Waals surface area contributed by atoms with Gasteiger partial charge in [-0.15, -0.1) is 0 Å². The maximum atomic E-state index is 6.43. The van der Waals surface area contributed by atoms with Crippen LogP contribution in [-0.4, -0.2) is 12.7 Å². The number of hydrogen-bond donors (Lipinski definition) is 1. The van der Waals surface area contributed by atoms with Gasteiger partial charge in [-0.3, -0.25) is 0 Å². The standard InChI is InChI=1S/C16H25NO/c1-2-18-16(14-11-7-4-8-12-14)15(17)13-9-5-3-6-10-13/h3,5-6,9-10,14-16H,2,4,7-8,11-12,17H2,1H3. The molecule has 0 heterocycles. The monoisotopic (exact) mass is 247 g/mol. The van der Waals surface area contributed by atoms with E-state index in [1.54, 1.807) is 0 Å². The average Bonchev–Trinajstić information content (AvgIpc) is 2.46. The Bertz CT molecular complexity index is 332. The molecule has 100 valence electrons. The molecule has 1 saturated carbocycles. The topological polar surface area (TPSA) is 35.2 Å². The van der Waals surface area contributed by atoms with Gasteiger partial charge in [0.15, 0.2) is 0 Å². The van der Waals surface area contributed by atoms with Crippen molar-refractivity contribution in [2.75, 3.05) is 6.61 Å². The molecule has 1 aliphatic rings. The molecule has 0 spiro atoms. The Morgan fingerprint density at radius 2 is 1.83 bits per heavy atom. The Balaban J connectivity index is 2.08. The lowest BCUT2D eigenvalue weighted by atomic mass is 9.81. The van der Waals surface area contributed by atoms with E-state index in [9.17, 15) is 0 Å². The van der Waals surface area contributed by atoms with Gasteiger partial charge in [-0.2, -0.15) is 0 Å². The van der Waals surface area contributed by atoms with Crippen molar-refractivity contribution in [1.82, 2.24) is 0 Å². The van der Waals surface area contributed by atoms with Crippen molar-refractivity contribution in [2.45, 2.75) is 51.2 Å². The van der Waals surface area contributed by atoms with Gasteiger partial charge in [0.25, 0.3) is 0 Å². The summed E-state index contributed by atoms with van der Waals surface area (Å²) in [6.45, 7) is 2.81. The fourth-order valence-corrected chi connectivity index (χ4v) is 3.05. The van der Waals surface area contributed by atoms with Crippen molar-refractivity contribution in [2.24, 2.45) is 11.7 Å². The van der Waals surface area contributed by atoms with Crippen LogP contribution in [-0.2, 0) is 4.74 Å². The molecule has 1 aromatic carbocycles. The minimum atomic E-state index is 0.00856. The summed E-state index contributed by atoms with van der Waals surface area (Å²) in [5, 5.41) is 0. The van der Waals surface area contributed by atoms with Crippen molar-refractivity contribution in [3.05, 3.63) is 35.9 Å². The Morgan fingerprint density at radius 3 is 2.44 bits per heavy atom. The molecule has 2 nitrogen and oxygen atoms in total. The highest BCUT2D eigenvalue weighted by atomic mass is 16.5. The van der Waals surface area contributed by atoms with Crippen LogP contribution >= 0.6 is 0 Å². The summed E-state index contributed by atoms with van der Waals surface area (Å²) in [5.41, 5.74) is 7.63. The van der Waals surface area contributed by atoms with Gasteiger partial charge in [0.1, 0.15) is 0 Å². The molecular weight excluding hydrogens is 222 g/mol. The lowest BCUT2D eigenvalue weighted by Crippen LogP contribution is -2.36. The molecule has 1 fully saturated rings. The first-order valence-electron chi connectivity index (χ1n) is 7.25. The van der Waals surface area contributed by atoms with E-state index in [2.05, 4.69) is 31.2 Å². The van der Waals surface area contributed by atoms with Crippen molar-refractivity contribution in [1.29, 1.82) is 0 Å². The third kappa shape index (κ3) is 3.33. The fourth-order valence-electron chi connectivity index (χ4n) is 3.05. The largest absolute Gasteiger partial charge is 0.376 e. The second-order valence-corrected chi connectivity index (χ2v) is 5.25. The highest BCUT2D eigenvalue weighted by molar-refractivity contribution is 5.20. The number of hydrogen-bond acceptors (Lipinski definition) is 2. The van der Waals surface area contributed by atoms with Crippen molar-refractivity contribution in [3.8, 4) is 0 Å². The number of benzene rings is 1. The number of rotatable bonds is 5. The van der Waals surface area contributed by atoms with Crippen LogP contribution in [0.25, 0.3) is 0 Å². The molecule has 0 saturated heterocycles. The first-order valence-corrected chi connectivity index (χ1v) is 7.25. The molecule has 0 aliphatic heterocycles. The molecule has 0 amide bonds. The van der Waals surface area contributed by atoms with Gasteiger partial charge in [-0.1, -0.05) is 49.6 Å². The molecular formula is C16H25NO. The molecule has 1 aliphatic carbocycles. The van der Waals surface area contributed by atoms with Crippen LogP contribution in [0, 0.1) is 5.92 Å². The van der Waals surface area contributed by atoms with E-state index < -0.39 is 0 Å². The van der Waals surface area contributed by atoms with Crippen LogP contribution in [0.1, 0.15) is 50.6 Å². The van der Waals surface area contributed by atoms with E-state index in [0.717, 1.165) is 6.61 Å². The third-order valence-corrected chi connectivity index (χ3v) is 4.01. The van der Waals surface area contributed by atoms with Crippen LogP contribution < -0.4 is 5.73 Å². The Hall–Kier alpha value is -0.860. The number of nitrogens with two attached hydrogens (primary N) is 1. The maximum absolute atomic E-state index is 6.43. The molecule has 0 bridgehead atoms. The quantitative estimate of drug-likeness (QED) is 0.861. The molecule has 2 N–H and O–H groups in total. The van der Waals surface area contributed by atoms with Crippen LogP contribution in [0.5, 0.6) is 0 Å². The van der Waals surface area contributed by atoms with E-state index in [1.807, 2.05) is 6.07 Å². The molecule has 2 heteroatoms. The van der Waals surface area contributed by atoms with Gasteiger partial charge in [-0.25, -0.2) is 0 Å². The van der Waals surface area contributed by atoms with Gasteiger partial charge in [0.2, 0.25) is 0 Å². The minimum Gasteiger partial charge on any atom is -0.376 e. The van der Waals surface area contributed by atoms with Crippen molar-refractivity contribution < 1.29 is 4.74 Å². The molecule has 2 unspecified atom stereocenters. The average molecular weight is 247 g/mol. The lowest BCUT2D eigenvalue weighted by Gasteiger charge is -2.34. The van der Waals surface area contributed by atoms with E-state index in [4.69, 9.17) is 10.5 Å². The normalized spacial score (nSPS) is 20.6. The van der Waals surface area contributed by atoms with Gasteiger partial charge >= 0.3 is 0 Å². The van der Waals surface area contributed by atoms with Gasteiger partial charge in [-0.05, 0) is 31.2 Å². The van der Waals surface area contributed by atoms with Crippen LogP contribution in [0.3, 0.4) is 0 Å². The smallest absolute Gasteiger partial charge is 0.0795 e. The predicted molar refractivity (Wildman–Crippen MR) is 75.4 cm³/mol. The molecule has 1 aromatic rings. The zero-order valence-corrected chi connectivity index (χ0v) is 11.3. The second kappa shape index (κ2) is 6.91. The summed E-state index contributed by atoms with van der Waals surface area (Å²) < 4.78 is 5.97.